The molecule has 2 N–H and O–H groups in total. The maximum absolute atomic E-state index is 11.4. The number of aliphatic hydroxyl groups excluding tert-OH is 1. The van der Waals surface area contributed by atoms with Gasteiger partial charge in [-0.3, -0.25) is 4.79 Å². The van der Waals surface area contributed by atoms with Gasteiger partial charge in [-0.05, 0) is 17.9 Å². The van der Waals surface area contributed by atoms with Gasteiger partial charge in [-0.15, -0.1) is 11.3 Å². The molecule has 0 aliphatic carbocycles. The molecule has 0 radical (unpaired) electrons. The molecule has 1 atom stereocenters. The van der Waals surface area contributed by atoms with Crippen LogP contribution in [0.15, 0.2) is 17.5 Å². The first kappa shape index (κ1) is 12.2. The zero-order chi connectivity index (χ0) is 11.1. The Balaban J connectivity index is 2.18. The smallest absolute Gasteiger partial charge is 0.261 e. The highest BCUT2D eigenvalue weighted by Crippen LogP contribution is 2.07. The molecule has 0 bridgehead atoms. The van der Waals surface area contributed by atoms with E-state index in [0.29, 0.717) is 24.4 Å². The summed E-state index contributed by atoms with van der Waals surface area (Å²) in [5.41, 5.74) is 0. The van der Waals surface area contributed by atoms with Crippen molar-refractivity contribution in [3.63, 3.8) is 0 Å². The Kier molecular flexibility index (Phi) is 5.31. The van der Waals surface area contributed by atoms with E-state index in [0.717, 1.165) is 0 Å². The molecule has 1 aromatic rings. The number of carbonyl (C=O) groups excluding carboxylic acids is 1. The first-order chi connectivity index (χ1) is 7.24. The van der Waals surface area contributed by atoms with Crippen LogP contribution in [0.1, 0.15) is 16.1 Å². The highest BCUT2D eigenvalue weighted by molar-refractivity contribution is 7.12. The van der Waals surface area contributed by atoms with Crippen molar-refractivity contribution in [3.8, 4) is 0 Å². The summed E-state index contributed by atoms with van der Waals surface area (Å²) >= 11 is 1.40. The molecule has 15 heavy (non-hydrogen) atoms. The minimum Gasteiger partial charge on any atom is -0.391 e. The fourth-order valence-electron chi connectivity index (χ4n) is 1.12. The average Bonchev–Trinajstić information content (AvgIpc) is 2.70. The van der Waals surface area contributed by atoms with Gasteiger partial charge in [0.1, 0.15) is 0 Å². The molecule has 1 aromatic heterocycles. The number of ether oxygens (including phenoxy) is 1. The highest BCUT2D eigenvalue weighted by Gasteiger charge is 2.07. The second-order valence-electron chi connectivity index (χ2n) is 3.13. The number of amides is 1. The van der Waals surface area contributed by atoms with Crippen LogP contribution < -0.4 is 5.32 Å². The Morgan fingerprint density at radius 1 is 1.73 bits per heavy atom. The lowest BCUT2D eigenvalue weighted by molar-refractivity contribution is 0.0588. The molecule has 0 aliphatic heterocycles. The van der Waals surface area contributed by atoms with Gasteiger partial charge in [-0.25, -0.2) is 0 Å². The molecule has 1 unspecified atom stereocenters. The second kappa shape index (κ2) is 6.55. The largest absolute Gasteiger partial charge is 0.391 e. The standard InChI is InChI=1S/C10H15NO3S/c1-14-7-8(12)4-5-11-10(13)9-3-2-6-15-9/h2-3,6,8,12H,4-5,7H2,1H3,(H,11,13). The first-order valence-corrected chi connectivity index (χ1v) is 5.60. The molecule has 1 amide bonds. The van der Waals surface area contributed by atoms with Crippen molar-refractivity contribution in [3.05, 3.63) is 22.4 Å². The van der Waals surface area contributed by atoms with Crippen LogP contribution in [0.5, 0.6) is 0 Å². The molecule has 0 saturated heterocycles. The molecule has 0 aromatic carbocycles. The third kappa shape index (κ3) is 4.42. The van der Waals surface area contributed by atoms with Gasteiger partial charge < -0.3 is 15.2 Å². The molecule has 5 heteroatoms. The summed E-state index contributed by atoms with van der Waals surface area (Å²) in [5.74, 6) is -0.0883. The van der Waals surface area contributed by atoms with Crippen LogP contribution in [0.4, 0.5) is 0 Å². The van der Waals surface area contributed by atoms with Crippen LogP contribution in [0.25, 0.3) is 0 Å². The normalized spacial score (nSPS) is 12.4. The summed E-state index contributed by atoms with van der Waals surface area (Å²) in [5, 5.41) is 13.9. The number of methoxy groups -OCH3 is 1. The van der Waals surface area contributed by atoms with E-state index < -0.39 is 6.10 Å². The van der Waals surface area contributed by atoms with Gasteiger partial charge in [0.2, 0.25) is 0 Å². The average molecular weight is 229 g/mol. The quantitative estimate of drug-likeness (QED) is 0.761. The SMILES string of the molecule is COCC(O)CCNC(=O)c1cccs1. The molecule has 1 heterocycles. The monoisotopic (exact) mass is 229 g/mol. The number of carbonyl (C=O) groups is 1. The van der Waals surface area contributed by atoms with Crippen LogP contribution in [-0.4, -0.2) is 37.4 Å². The Hall–Kier alpha value is -0.910. The zero-order valence-electron chi connectivity index (χ0n) is 8.60. The Morgan fingerprint density at radius 2 is 2.53 bits per heavy atom. The van der Waals surface area contributed by atoms with Crippen LogP contribution in [0.3, 0.4) is 0 Å². The predicted octanol–water partition coefficient (Wildman–Crippen LogP) is 0.875. The fourth-order valence-corrected chi connectivity index (χ4v) is 1.76. The molecule has 0 fully saturated rings. The molecular formula is C10H15NO3S. The molecule has 1 rings (SSSR count). The lowest BCUT2D eigenvalue weighted by Gasteiger charge is -2.09. The fraction of sp³-hybridized carbons (Fsp3) is 0.500. The maximum Gasteiger partial charge on any atom is 0.261 e. The third-order valence-electron chi connectivity index (χ3n) is 1.87. The van der Waals surface area contributed by atoms with Gasteiger partial charge in [-0.2, -0.15) is 0 Å². The van der Waals surface area contributed by atoms with E-state index in [4.69, 9.17) is 4.74 Å². The Bertz CT molecular complexity index is 287. The van der Waals surface area contributed by atoms with Crippen LogP contribution >= 0.6 is 11.3 Å². The Morgan fingerprint density at radius 3 is 3.13 bits per heavy atom. The molecule has 0 saturated carbocycles. The second-order valence-corrected chi connectivity index (χ2v) is 4.08. The summed E-state index contributed by atoms with van der Waals surface area (Å²) in [6, 6.07) is 3.60. The van der Waals surface area contributed by atoms with Gasteiger partial charge in [0.05, 0.1) is 17.6 Å². The first-order valence-electron chi connectivity index (χ1n) is 4.72. The van der Waals surface area contributed by atoms with Gasteiger partial charge in [0.25, 0.3) is 5.91 Å². The Labute approximate surface area is 92.9 Å². The van der Waals surface area contributed by atoms with E-state index in [1.54, 1.807) is 6.07 Å². The van der Waals surface area contributed by atoms with E-state index in [2.05, 4.69) is 5.32 Å². The number of nitrogens with one attached hydrogen (secondary N) is 1. The van der Waals surface area contributed by atoms with E-state index in [1.807, 2.05) is 11.4 Å². The maximum atomic E-state index is 11.4. The lowest BCUT2D eigenvalue weighted by atomic mass is 10.2. The van der Waals surface area contributed by atoms with E-state index in [1.165, 1.54) is 18.4 Å². The van der Waals surface area contributed by atoms with Gasteiger partial charge in [-0.1, -0.05) is 6.07 Å². The van der Waals surface area contributed by atoms with Crippen LogP contribution in [0, 0.1) is 0 Å². The third-order valence-corrected chi connectivity index (χ3v) is 2.74. The highest BCUT2D eigenvalue weighted by atomic mass is 32.1. The summed E-state index contributed by atoms with van der Waals surface area (Å²) in [6.07, 6.45) is -0.0102. The summed E-state index contributed by atoms with van der Waals surface area (Å²) in [7, 11) is 1.54. The van der Waals surface area contributed by atoms with E-state index >= 15 is 0 Å². The number of hydrogen-bond acceptors (Lipinski definition) is 4. The minimum atomic E-state index is -0.515. The zero-order valence-corrected chi connectivity index (χ0v) is 9.42. The topological polar surface area (TPSA) is 58.6 Å². The summed E-state index contributed by atoms with van der Waals surface area (Å²) in [4.78, 5) is 12.1. The molecule has 4 nitrogen and oxygen atoms in total. The number of hydrogen-bond donors (Lipinski definition) is 2. The van der Waals surface area contributed by atoms with E-state index in [-0.39, 0.29) is 5.91 Å². The lowest BCUT2D eigenvalue weighted by Crippen LogP contribution is -2.27. The molecule has 0 spiro atoms. The van der Waals surface area contributed by atoms with Crippen LogP contribution in [0.2, 0.25) is 0 Å². The van der Waals surface area contributed by atoms with Gasteiger partial charge in [0.15, 0.2) is 0 Å². The van der Waals surface area contributed by atoms with Crippen molar-refractivity contribution >= 4 is 17.2 Å². The van der Waals surface area contributed by atoms with Crippen LogP contribution in [-0.2, 0) is 4.74 Å². The summed E-state index contributed by atoms with van der Waals surface area (Å²) in [6.45, 7) is 0.760. The van der Waals surface area contributed by atoms with Crippen molar-refractivity contribution in [2.24, 2.45) is 0 Å². The summed E-state index contributed by atoms with van der Waals surface area (Å²) < 4.78 is 4.77. The van der Waals surface area contributed by atoms with Crippen molar-refractivity contribution in [2.75, 3.05) is 20.3 Å². The van der Waals surface area contributed by atoms with Crippen molar-refractivity contribution < 1.29 is 14.6 Å². The van der Waals surface area contributed by atoms with Gasteiger partial charge >= 0.3 is 0 Å². The van der Waals surface area contributed by atoms with Gasteiger partial charge in [0, 0.05) is 13.7 Å². The molecular weight excluding hydrogens is 214 g/mol. The van der Waals surface area contributed by atoms with E-state index in [9.17, 15) is 9.90 Å². The molecule has 84 valence electrons. The predicted molar refractivity (Wildman–Crippen MR) is 59.2 cm³/mol. The van der Waals surface area contributed by atoms with Crippen molar-refractivity contribution in [1.29, 1.82) is 0 Å². The number of rotatable bonds is 6. The minimum absolute atomic E-state index is 0.0883. The number of thiophene rings is 1. The molecule has 0 aliphatic rings. The van der Waals surface area contributed by atoms with Crippen molar-refractivity contribution in [2.45, 2.75) is 12.5 Å². The van der Waals surface area contributed by atoms with Crippen molar-refractivity contribution in [1.82, 2.24) is 5.32 Å². The number of aliphatic hydroxyl groups is 1.